The first-order chi connectivity index (χ1) is 9.58. The lowest BCUT2D eigenvalue weighted by Gasteiger charge is -2.13. The van der Waals surface area contributed by atoms with Gasteiger partial charge < -0.3 is 20.1 Å². The number of ether oxygens (including phenoxy) is 2. The molecule has 2 rings (SSSR count). The van der Waals surface area contributed by atoms with Crippen LogP contribution in [0.2, 0.25) is 0 Å². The molecule has 1 aliphatic heterocycles. The van der Waals surface area contributed by atoms with E-state index in [0.717, 1.165) is 0 Å². The van der Waals surface area contributed by atoms with Gasteiger partial charge in [0.2, 0.25) is 5.91 Å². The number of amides is 1. The van der Waals surface area contributed by atoms with Gasteiger partial charge in [-0.15, -0.1) is 12.4 Å². The number of methoxy groups -OCH3 is 1. The lowest BCUT2D eigenvalue weighted by atomic mass is 10.2. The number of carbonyl (C=O) groups excluding carboxylic acids is 2. The second-order valence-corrected chi connectivity index (χ2v) is 4.67. The van der Waals surface area contributed by atoms with Gasteiger partial charge >= 0.3 is 5.97 Å². The minimum Gasteiger partial charge on any atom is -0.489 e. The van der Waals surface area contributed by atoms with Gasteiger partial charge in [-0.1, -0.05) is 6.07 Å². The number of benzene rings is 1. The van der Waals surface area contributed by atoms with Crippen LogP contribution in [0.1, 0.15) is 13.3 Å². The molecule has 0 spiro atoms. The lowest BCUT2D eigenvalue weighted by Crippen LogP contribution is -2.31. The molecule has 6 nitrogen and oxygen atoms in total. The Morgan fingerprint density at radius 3 is 2.81 bits per heavy atom. The molecule has 0 radical (unpaired) electrons. The Labute approximate surface area is 129 Å². The van der Waals surface area contributed by atoms with Crippen molar-refractivity contribution in [2.75, 3.05) is 19.0 Å². The molecule has 1 saturated heterocycles. The van der Waals surface area contributed by atoms with Crippen LogP contribution in [0.25, 0.3) is 0 Å². The summed E-state index contributed by atoms with van der Waals surface area (Å²) in [7, 11) is 1.37. The van der Waals surface area contributed by atoms with Crippen LogP contribution in [-0.4, -0.2) is 37.7 Å². The second-order valence-electron chi connectivity index (χ2n) is 4.67. The summed E-state index contributed by atoms with van der Waals surface area (Å²) in [6.45, 7) is 2.04. The Morgan fingerprint density at radius 1 is 1.38 bits per heavy atom. The van der Waals surface area contributed by atoms with E-state index >= 15 is 0 Å². The average molecular weight is 315 g/mol. The summed E-state index contributed by atoms with van der Waals surface area (Å²) in [5.74, 6) is 0.257. The first-order valence-corrected chi connectivity index (χ1v) is 6.44. The standard InChI is InChI=1S/C14H18N2O4.ClH/c1-9(17)16-10-4-3-5-11(6-10)20-12-7-13(15-8-12)14(18)19-2;/h3-6,12-13,15H,7-8H2,1-2H3,(H,16,17);1H/t12-,13-;/m0./s1. The Balaban J connectivity index is 0.00000220. The third-order valence-electron chi connectivity index (χ3n) is 3.03. The van der Waals surface area contributed by atoms with Gasteiger partial charge in [0.25, 0.3) is 0 Å². The fourth-order valence-corrected chi connectivity index (χ4v) is 2.16. The van der Waals surface area contributed by atoms with Crippen molar-refractivity contribution >= 4 is 30.0 Å². The van der Waals surface area contributed by atoms with Crippen LogP contribution in [0.4, 0.5) is 5.69 Å². The van der Waals surface area contributed by atoms with E-state index in [9.17, 15) is 9.59 Å². The van der Waals surface area contributed by atoms with Gasteiger partial charge in [-0.25, -0.2) is 0 Å². The quantitative estimate of drug-likeness (QED) is 0.820. The zero-order chi connectivity index (χ0) is 14.5. The fraction of sp³-hybridized carbons (Fsp3) is 0.429. The van der Waals surface area contributed by atoms with Gasteiger partial charge in [0, 0.05) is 31.6 Å². The van der Waals surface area contributed by atoms with E-state index in [1.54, 1.807) is 18.2 Å². The maximum atomic E-state index is 11.4. The monoisotopic (exact) mass is 314 g/mol. The van der Waals surface area contributed by atoms with Gasteiger partial charge in [-0.3, -0.25) is 9.59 Å². The average Bonchev–Trinajstić information content (AvgIpc) is 2.86. The fourth-order valence-electron chi connectivity index (χ4n) is 2.16. The van der Waals surface area contributed by atoms with Crippen molar-refractivity contribution in [3.05, 3.63) is 24.3 Å². The largest absolute Gasteiger partial charge is 0.489 e. The molecule has 0 aliphatic carbocycles. The van der Waals surface area contributed by atoms with Crippen LogP contribution in [0.5, 0.6) is 5.75 Å². The highest BCUT2D eigenvalue weighted by molar-refractivity contribution is 5.88. The molecule has 2 N–H and O–H groups in total. The molecule has 1 fully saturated rings. The Morgan fingerprint density at radius 2 is 2.14 bits per heavy atom. The molecule has 1 amide bonds. The molecule has 116 valence electrons. The number of anilines is 1. The molecule has 1 heterocycles. The molecule has 21 heavy (non-hydrogen) atoms. The number of esters is 1. The highest BCUT2D eigenvalue weighted by atomic mass is 35.5. The number of halogens is 1. The van der Waals surface area contributed by atoms with Crippen molar-refractivity contribution in [2.45, 2.75) is 25.5 Å². The van der Waals surface area contributed by atoms with Crippen LogP contribution < -0.4 is 15.4 Å². The molecule has 7 heteroatoms. The zero-order valence-corrected chi connectivity index (χ0v) is 12.7. The Bertz CT molecular complexity index is 510. The first kappa shape index (κ1) is 17.3. The molecular weight excluding hydrogens is 296 g/mol. The highest BCUT2D eigenvalue weighted by Crippen LogP contribution is 2.21. The maximum Gasteiger partial charge on any atom is 0.323 e. The molecule has 1 aromatic carbocycles. The molecule has 1 aromatic rings. The minimum atomic E-state index is -0.316. The number of carbonyl (C=O) groups is 2. The summed E-state index contributed by atoms with van der Waals surface area (Å²) < 4.78 is 10.5. The van der Waals surface area contributed by atoms with Crippen LogP contribution in [-0.2, 0) is 14.3 Å². The number of hydrogen-bond donors (Lipinski definition) is 2. The summed E-state index contributed by atoms with van der Waals surface area (Å²) in [4.78, 5) is 22.4. The van der Waals surface area contributed by atoms with Crippen LogP contribution >= 0.6 is 12.4 Å². The molecule has 0 bridgehead atoms. The van der Waals surface area contributed by atoms with Gasteiger partial charge in [-0.05, 0) is 12.1 Å². The highest BCUT2D eigenvalue weighted by Gasteiger charge is 2.31. The SMILES string of the molecule is COC(=O)[C@@H]1C[C@H](Oc2cccc(NC(C)=O)c2)CN1.Cl. The summed E-state index contributed by atoms with van der Waals surface area (Å²) in [5, 5.41) is 5.75. The number of hydrogen-bond acceptors (Lipinski definition) is 5. The van der Waals surface area contributed by atoms with Gasteiger partial charge in [0.05, 0.1) is 7.11 Å². The Hall–Kier alpha value is -1.79. The van der Waals surface area contributed by atoms with Gasteiger partial charge in [0.1, 0.15) is 17.9 Å². The van der Waals surface area contributed by atoms with E-state index in [1.165, 1.54) is 14.0 Å². The summed E-state index contributed by atoms with van der Waals surface area (Å²) in [6.07, 6.45) is 0.475. The van der Waals surface area contributed by atoms with E-state index < -0.39 is 0 Å². The van der Waals surface area contributed by atoms with Crippen LogP contribution in [0.3, 0.4) is 0 Å². The normalized spacial score (nSPS) is 20.3. The smallest absolute Gasteiger partial charge is 0.323 e. The predicted molar refractivity (Wildman–Crippen MR) is 80.8 cm³/mol. The first-order valence-electron chi connectivity index (χ1n) is 6.44. The molecule has 2 atom stereocenters. The maximum absolute atomic E-state index is 11.4. The second kappa shape index (κ2) is 7.85. The van der Waals surface area contributed by atoms with Crippen molar-refractivity contribution in [3.63, 3.8) is 0 Å². The summed E-state index contributed by atoms with van der Waals surface area (Å²) in [5.41, 5.74) is 0.686. The van der Waals surface area contributed by atoms with Gasteiger partial charge in [0.15, 0.2) is 0 Å². The summed E-state index contributed by atoms with van der Waals surface area (Å²) in [6, 6.07) is 6.85. The van der Waals surface area contributed by atoms with Crippen molar-refractivity contribution in [1.29, 1.82) is 0 Å². The third kappa shape index (κ3) is 4.91. The topological polar surface area (TPSA) is 76.7 Å². The number of nitrogens with one attached hydrogen (secondary N) is 2. The van der Waals surface area contributed by atoms with Crippen molar-refractivity contribution in [1.82, 2.24) is 5.32 Å². The predicted octanol–water partition coefficient (Wildman–Crippen LogP) is 1.35. The minimum absolute atomic E-state index is 0. The van der Waals surface area contributed by atoms with Crippen LogP contribution in [0, 0.1) is 0 Å². The molecule has 1 aliphatic rings. The zero-order valence-electron chi connectivity index (χ0n) is 11.9. The van der Waals surface area contributed by atoms with Crippen molar-refractivity contribution in [3.8, 4) is 5.75 Å². The third-order valence-corrected chi connectivity index (χ3v) is 3.03. The van der Waals surface area contributed by atoms with Gasteiger partial charge in [-0.2, -0.15) is 0 Å². The van der Waals surface area contributed by atoms with E-state index in [1.807, 2.05) is 6.07 Å². The van der Waals surface area contributed by atoms with E-state index in [4.69, 9.17) is 9.47 Å². The molecule has 0 aromatic heterocycles. The van der Waals surface area contributed by atoms with Crippen molar-refractivity contribution in [2.24, 2.45) is 0 Å². The van der Waals surface area contributed by atoms with Crippen molar-refractivity contribution < 1.29 is 19.1 Å². The lowest BCUT2D eigenvalue weighted by molar-refractivity contribution is -0.142. The summed E-state index contributed by atoms with van der Waals surface area (Å²) >= 11 is 0. The number of rotatable bonds is 4. The Kier molecular flexibility index (Phi) is 6.45. The van der Waals surface area contributed by atoms with Crippen LogP contribution in [0.15, 0.2) is 24.3 Å². The molecular formula is C14H19ClN2O4. The van der Waals surface area contributed by atoms with E-state index in [0.29, 0.717) is 24.4 Å². The molecule has 0 unspecified atom stereocenters. The van der Waals surface area contributed by atoms with E-state index in [2.05, 4.69) is 10.6 Å². The van der Waals surface area contributed by atoms with E-state index in [-0.39, 0.29) is 36.4 Å². The molecule has 0 saturated carbocycles.